The predicted molar refractivity (Wildman–Crippen MR) is 62.0 cm³/mol. The van der Waals surface area contributed by atoms with Crippen LogP contribution in [0.2, 0.25) is 0 Å². The topological polar surface area (TPSA) is 127 Å². The summed E-state index contributed by atoms with van der Waals surface area (Å²) in [4.78, 5) is 21.0. The van der Waals surface area contributed by atoms with Gasteiger partial charge in [-0.25, -0.2) is 12.8 Å². The first kappa shape index (κ1) is 15.1. The Hall–Kier alpha value is -2.00. The van der Waals surface area contributed by atoms with Crippen molar-refractivity contribution in [2.45, 2.75) is 17.4 Å². The van der Waals surface area contributed by atoms with Gasteiger partial charge in [-0.05, 0) is 18.2 Å². The highest BCUT2D eigenvalue weighted by molar-refractivity contribution is 7.89. The van der Waals surface area contributed by atoms with Crippen molar-refractivity contribution in [1.29, 1.82) is 0 Å². The highest BCUT2D eigenvalue weighted by Crippen LogP contribution is 2.11. The molecule has 19 heavy (non-hydrogen) atoms. The van der Waals surface area contributed by atoms with E-state index in [0.29, 0.717) is 0 Å². The summed E-state index contributed by atoms with van der Waals surface area (Å²) in [5.41, 5.74) is 4.82. The van der Waals surface area contributed by atoms with Crippen LogP contribution in [0.1, 0.15) is 6.42 Å². The van der Waals surface area contributed by atoms with E-state index in [9.17, 15) is 22.4 Å². The average Bonchev–Trinajstić information content (AvgIpc) is 2.27. The quantitative estimate of drug-likeness (QED) is 0.647. The van der Waals surface area contributed by atoms with E-state index in [2.05, 4.69) is 0 Å². The highest BCUT2D eigenvalue weighted by atomic mass is 32.2. The van der Waals surface area contributed by atoms with E-state index in [4.69, 9.17) is 10.8 Å². The number of sulfonamides is 1. The molecule has 1 aromatic carbocycles. The fourth-order valence-corrected chi connectivity index (χ4v) is 2.49. The number of carboxylic acids is 1. The van der Waals surface area contributed by atoms with Crippen molar-refractivity contribution in [1.82, 2.24) is 4.72 Å². The lowest BCUT2D eigenvalue weighted by atomic mass is 10.2. The SMILES string of the molecule is NC(=O)C[C@H](NS(=O)(=O)c1cccc(F)c1)C(=O)O. The first-order valence-electron chi connectivity index (χ1n) is 5.01. The minimum absolute atomic E-state index is 0.441. The predicted octanol–water partition coefficient (Wildman–Crippen LogP) is -0.567. The Morgan fingerprint density at radius 2 is 2.05 bits per heavy atom. The molecular formula is C10H11FN2O5S. The molecule has 0 aromatic heterocycles. The number of primary amides is 1. The largest absolute Gasteiger partial charge is 0.480 e. The maximum Gasteiger partial charge on any atom is 0.322 e. The summed E-state index contributed by atoms with van der Waals surface area (Å²) in [6, 6.07) is 2.32. The van der Waals surface area contributed by atoms with Crippen LogP contribution in [-0.4, -0.2) is 31.4 Å². The van der Waals surface area contributed by atoms with Crippen molar-refractivity contribution >= 4 is 21.9 Å². The van der Waals surface area contributed by atoms with Crippen LogP contribution in [0, 0.1) is 5.82 Å². The van der Waals surface area contributed by atoms with Gasteiger partial charge in [-0.3, -0.25) is 9.59 Å². The molecule has 1 aromatic rings. The first-order valence-corrected chi connectivity index (χ1v) is 6.49. The summed E-state index contributed by atoms with van der Waals surface area (Å²) >= 11 is 0. The van der Waals surface area contributed by atoms with Crippen LogP contribution >= 0.6 is 0 Å². The second kappa shape index (κ2) is 5.76. The van der Waals surface area contributed by atoms with Crippen molar-refractivity contribution in [3.05, 3.63) is 30.1 Å². The van der Waals surface area contributed by atoms with Gasteiger partial charge in [0.15, 0.2) is 0 Å². The Bertz CT molecular complexity index is 602. The number of carbonyl (C=O) groups is 2. The molecule has 0 spiro atoms. The van der Waals surface area contributed by atoms with Crippen molar-refractivity contribution in [2.24, 2.45) is 5.73 Å². The van der Waals surface area contributed by atoms with Gasteiger partial charge in [0.05, 0.1) is 11.3 Å². The van der Waals surface area contributed by atoms with E-state index in [1.807, 2.05) is 0 Å². The molecule has 9 heteroatoms. The highest BCUT2D eigenvalue weighted by Gasteiger charge is 2.27. The summed E-state index contributed by atoms with van der Waals surface area (Å²) in [6.07, 6.45) is -0.704. The first-order chi connectivity index (χ1) is 8.72. The second-order valence-corrected chi connectivity index (χ2v) is 5.35. The normalized spacial score (nSPS) is 12.9. The lowest BCUT2D eigenvalue weighted by Crippen LogP contribution is -2.43. The number of carbonyl (C=O) groups excluding carboxylic acids is 1. The Balaban J connectivity index is 3.00. The number of hydrogen-bond acceptors (Lipinski definition) is 4. The molecule has 0 radical (unpaired) electrons. The van der Waals surface area contributed by atoms with E-state index in [0.717, 1.165) is 24.3 Å². The lowest BCUT2D eigenvalue weighted by molar-refractivity contribution is -0.140. The molecule has 1 atom stereocenters. The molecular weight excluding hydrogens is 279 g/mol. The number of hydrogen-bond donors (Lipinski definition) is 3. The molecule has 1 rings (SSSR count). The summed E-state index contributed by atoms with van der Waals surface area (Å²) in [6.45, 7) is 0. The summed E-state index contributed by atoms with van der Waals surface area (Å²) in [7, 11) is -4.25. The van der Waals surface area contributed by atoms with Gasteiger partial charge in [0.2, 0.25) is 15.9 Å². The average molecular weight is 290 g/mol. The Morgan fingerprint density at radius 1 is 1.42 bits per heavy atom. The molecule has 0 aliphatic rings. The van der Waals surface area contributed by atoms with Crippen LogP contribution in [0.4, 0.5) is 4.39 Å². The molecule has 0 saturated carbocycles. The van der Waals surface area contributed by atoms with Gasteiger partial charge in [-0.2, -0.15) is 4.72 Å². The van der Waals surface area contributed by atoms with E-state index < -0.39 is 45.1 Å². The Morgan fingerprint density at radius 3 is 2.53 bits per heavy atom. The molecule has 104 valence electrons. The Kier molecular flexibility index (Phi) is 4.57. The monoisotopic (exact) mass is 290 g/mol. The van der Waals surface area contributed by atoms with Crippen LogP contribution in [0.25, 0.3) is 0 Å². The van der Waals surface area contributed by atoms with E-state index in [-0.39, 0.29) is 0 Å². The van der Waals surface area contributed by atoms with Crippen LogP contribution in [-0.2, 0) is 19.6 Å². The fourth-order valence-electron chi connectivity index (χ4n) is 1.27. The van der Waals surface area contributed by atoms with Crippen LogP contribution in [0.15, 0.2) is 29.2 Å². The third-order valence-corrected chi connectivity index (χ3v) is 3.58. The molecule has 4 N–H and O–H groups in total. The standard InChI is InChI=1S/C10H11FN2O5S/c11-6-2-1-3-7(4-6)19(17,18)13-8(10(15)16)5-9(12)14/h1-4,8,13H,5H2,(H2,12,14)(H,15,16)/t8-/m0/s1. The number of aliphatic carboxylic acids is 1. The Labute approximate surface area is 108 Å². The molecule has 0 unspecified atom stereocenters. The van der Waals surface area contributed by atoms with Crippen molar-refractivity contribution in [3.8, 4) is 0 Å². The summed E-state index contributed by atoms with van der Waals surface area (Å²) < 4.78 is 38.3. The van der Waals surface area contributed by atoms with Gasteiger partial charge < -0.3 is 10.8 Å². The molecule has 0 saturated heterocycles. The van der Waals surface area contributed by atoms with E-state index in [1.165, 1.54) is 0 Å². The number of nitrogens with two attached hydrogens (primary N) is 1. The van der Waals surface area contributed by atoms with Gasteiger partial charge >= 0.3 is 5.97 Å². The summed E-state index contributed by atoms with van der Waals surface area (Å²) in [5, 5.41) is 8.78. The van der Waals surface area contributed by atoms with Crippen molar-refractivity contribution < 1.29 is 27.5 Å². The minimum atomic E-state index is -4.25. The number of rotatable bonds is 6. The van der Waals surface area contributed by atoms with Gasteiger partial charge in [0.25, 0.3) is 0 Å². The number of carboxylic acid groups (broad SMARTS) is 1. The fraction of sp³-hybridized carbons (Fsp3) is 0.200. The molecule has 1 amide bonds. The van der Waals surface area contributed by atoms with Gasteiger partial charge in [-0.15, -0.1) is 0 Å². The van der Waals surface area contributed by atoms with Crippen LogP contribution in [0.5, 0.6) is 0 Å². The van der Waals surface area contributed by atoms with Crippen molar-refractivity contribution in [3.63, 3.8) is 0 Å². The molecule has 7 nitrogen and oxygen atoms in total. The number of nitrogens with one attached hydrogen (secondary N) is 1. The zero-order valence-corrected chi connectivity index (χ0v) is 10.4. The number of benzene rings is 1. The van der Waals surface area contributed by atoms with E-state index in [1.54, 1.807) is 4.72 Å². The number of amides is 1. The number of halogens is 1. The second-order valence-electron chi connectivity index (χ2n) is 3.64. The third kappa shape index (κ3) is 4.30. The smallest absolute Gasteiger partial charge is 0.322 e. The third-order valence-electron chi connectivity index (χ3n) is 2.11. The molecule has 0 aliphatic carbocycles. The minimum Gasteiger partial charge on any atom is -0.480 e. The maximum absolute atomic E-state index is 12.9. The molecule has 0 bridgehead atoms. The van der Waals surface area contributed by atoms with Crippen LogP contribution < -0.4 is 10.5 Å². The van der Waals surface area contributed by atoms with E-state index >= 15 is 0 Å². The zero-order chi connectivity index (χ0) is 14.6. The lowest BCUT2D eigenvalue weighted by Gasteiger charge is -2.13. The maximum atomic E-state index is 12.9. The van der Waals surface area contributed by atoms with Crippen molar-refractivity contribution in [2.75, 3.05) is 0 Å². The zero-order valence-electron chi connectivity index (χ0n) is 9.54. The molecule has 0 heterocycles. The van der Waals surface area contributed by atoms with Crippen LogP contribution in [0.3, 0.4) is 0 Å². The molecule has 0 fully saturated rings. The van der Waals surface area contributed by atoms with Gasteiger partial charge in [-0.1, -0.05) is 6.07 Å². The molecule has 0 aliphatic heterocycles. The van der Waals surface area contributed by atoms with Gasteiger partial charge in [0.1, 0.15) is 11.9 Å². The van der Waals surface area contributed by atoms with Gasteiger partial charge in [0, 0.05) is 0 Å². The summed E-state index contributed by atoms with van der Waals surface area (Å²) in [5.74, 6) is -3.32.